The lowest BCUT2D eigenvalue weighted by molar-refractivity contribution is -0.151. The zero-order valence-corrected chi connectivity index (χ0v) is 46.3. The normalized spacial score (nSPS) is 13.1. The molecule has 3 atom stereocenters. The van der Waals surface area contributed by atoms with E-state index in [0.717, 1.165) is 51.4 Å². The summed E-state index contributed by atoms with van der Waals surface area (Å²) in [4.78, 5) is 26.3. The quantitative estimate of drug-likeness (QED) is 0.0321. The van der Waals surface area contributed by atoms with E-state index < -0.39 is 18.2 Å². The number of hydrogen-bond donors (Lipinski definition) is 3. The summed E-state index contributed by atoms with van der Waals surface area (Å²) < 4.78 is 5.98. The minimum absolute atomic E-state index is 0.0826. The Hall–Kier alpha value is -1.40. The van der Waals surface area contributed by atoms with Crippen molar-refractivity contribution in [2.75, 3.05) is 6.61 Å². The van der Waals surface area contributed by atoms with Crippen molar-refractivity contribution >= 4 is 11.9 Å². The highest BCUT2D eigenvalue weighted by atomic mass is 16.5. The number of unbranched alkanes of at least 4 members (excludes halogenated alkanes) is 43. The predicted molar refractivity (Wildman–Crippen MR) is 297 cm³/mol. The van der Waals surface area contributed by atoms with E-state index in [1.165, 1.54) is 250 Å². The van der Waals surface area contributed by atoms with Crippen LogP contribution in [0.15, 0.2) is 12.2 Å². The molecule has 3 N–H and O–H groups in total. The lowest BCUT2D eigenvalue weighted by Gasteiger charge is -2.24. The zero-order valence-electron chi connectivity index (χ0n) is 46.3. The molecule has 0 aliphatic carbocycles. The number of ether oxygens (including phenoxy) is 1. The molecule has 0 aliphatic rings. The standard InChI is InChI=1S/C62H121NO5/c1-4-7-10-13-16-19-22-25-27-29-30-32-34-37-40-43-46-49-52-55-62(67)68-58(53-50-47-44-41-38-36-33-31-28-26-23-20-17-14-11-8-5-2)56-61(66)63-59(57-64)60(65)54-51-48-45-42-39-35-24-21-18-15-12-9-6-3/h26,28,58-60,64-65H,4-25,27,29-57H2,1-3H3,(H,63,66)/b28-26+. The van der Waals surface area contributed by atoms with Gasteiger partial charge in [0.25, 0.3) is 0 Å². The van der Waals surface area contributed by atoms with Crippen LogP contribution in [0, 0.1) is 0 Å². The summed E-state index contributed by atoms with van der Waals surface area (Å²) in [5.74, 6) is -0.451. The van der Waals surface area contributed by atoms with Crippen LogP contribution in [0.3, 0.4) is 0 Å². The maximum atomic E-state index is 13.3. The SMILES string of the molecule is CCCCCCCC/C=C/CCCCCCCCCC(CC(=O)NC(CO)C(O)CCCCCCCCCCCCCCC)OC(=O)CCCCCCCCCCCCCCCCCCCCC. The molecular formula is C62H121NO5. The lowest BCUT2D eigenvalue weighted by atomic mass is 10.0. The summed E-state index contributed by atoms with van der Waals surface area (Å²) >= 11 is 0. The maximum absolute atomic E-state index is 13.3. The summed E-state index contributed by atoms with van der Waals surface area (Å²) in [5.41, 5.74) is 0. The lowest BCUT2D eigenvalue weighted by Crippen LogP contribution is -2.46. The van der Waals surface area contributed by atoms with Crippen molar-refractivity contribution in [1.29, 1.82) is 0 Å². The van der Waals surface area contributed by atoms with Crippen LogP contribution in [0.2, 0.25) is 0 Å². The van der Waals surface area contributed by atoms with Gasteiger partial charge in [0.1, 0.15) is 6.10 Å². The van der Waals surface area contributed by atoms with Crippen LogP contribution in [-0.2, 0) is 14.3 Å². The first-order valence-corrected chi connectivity index (χ1v) is 30.9. The topological polar surface area (TPSA) is 95.9 Å². The molecule has 0 rings (SSSR count). The molecule has 0 fully saturated rings. The van der Waals surface area contributed by atoms with Gasteiger partial charge in [0.2, 0.25) is 5.91 Å². The van der Waals surface area contributed by atoms with Crippen molar-refractivity contribution in [3.8, 4) is 0 Å². The van der Waals surface area contributed by atoms with Crippen LogP contribution in [0.5, 0.6) is 0 Å². The van der Waals surface area contributed by atoms with Gasteiger partial charge in [0.05, 0.1) is 25.2 Å². The molecule has 0 saturated heterocycles. The van der Waals surface area contributed by atoms with E-state index in [4.69, 9.17) is 4.74 Å². The molecule has 0 aromatic heterocycles. The van der Waals surface area contributed by atoms with E-state index in [0.29, 0.717) is 19.3 Å². The monoisotopic (exact) mass is 960 g/mol. The number of amides is 1. The van der Waals surface area contributed by atoms with Gasteiger partial charge in [-0.2, -0.15) is 0 Å². The van der Waals surface area contributed by atoms with Crippen LogP contribution >= 0.6 is 0 Å². The van der Waals surface area contributed by atoms with E-state index in [1.54, 1.807) is 0 Å². The molecule has 0 spiro atoms. The third kappa shape index (κ3) is 51.0. The summed E-state index contributed by atoms with van der Waals surface area (Å²) in [6.45, 7) is 6.53. The van der Waals surface area contributed by atoms with Crippen molar-refractivity contribution in [1.82, 2.24) is 5.32 Å². The number of rotatable bonds is 57. The van der Waals surface area contributed by atoms with Crippen LogP contribution in [0.1, 0.15) is 348 Å². The van der Waals surface area contributed by atoms with Crippen molar-refractivity contribution in [2.24, 2.45) is 0 Å². The summed E-state index contributed by atoms with van der Waals surface area (Å²) in [7, 11) is 0. The van der Waals surface area contributed by atoms with E-state index in [9.17, 15) is 19.8 Å². The van der Waals surface area contributed by atoms with Gasteiger partial charge in [-0.1, -0.05) is 296 Å². The first-order chi connectivity index (χ1) is 33.5. The van der Waals surface area contributed by atoms with Crippen molar-refractivity contribution in [3.05, 3.63) is 12.2 Å². The molecule has 3 unspecified atom stereocenters. The number of carbonyl (C=O) groups is 2. The van der Waals surface area contributed by atoms with E-state index in [-0.39, 0.29) is 24.9 Å². The Balaban J connectivity index is 4.49. The highest BCUT2D eigenvalue weighted by Gasteiger charge is 2.24. The van der Waals surface area contributed by atoms with Crippen molar-refractivity contribution in [2.45, 2.75) is 366 Å². The fourth-order valence-electron chi connectivity index (χ4n) is 9.90. The van der Waals surface area contributed by atoms with Crippen LogP contribution in [0.4, 0.5) is 0 Å². The Morgan fingerprint density at radius 2 is 0.706 bits per heavy atom. The van der Waals surface area contributed by atoms with Crippen LogP contribution < -0.4 is 5.32 Å². The summed E-state index contributed by atoms with van der Waals surface area (Å²) in [6, 6.07) is -0.698. The molecule has 0 aromatic rings. The van der Waals surface area contributed by atoms with Gasteiger partial charge in [0, 0.05) is 6.42 Å². The Morgan fingerprint density at radius 1 is 0.412 bits per heavy atom. The molecule has 6 heteroatoms. The van der Waals surface area contributed by atoms with Gasteiger partial charge in [0.15, 0.2) is 0 Å². The molecule has 0 bridgehead atoms. The molecule has 1 amide bonds. The number of carbonyl (C=O) groups excluding carboxylic acids is 2. The van der Waals surface area contributed by atoms with Gasteiger partial charge in [-0.15, -0.1) is 0 Å². The van der Waals surface area contributed by atoms with Crippen molar-refractivity contribution in [3.63, 3.8) is 0 Å². The smallest absolute Gasteiger partial charge is 0.306 e. The highest BCUT2D eigenvalue weighted by molar-refractivity contribution is 5.77. The van der Waals surface area contributed by atoms with E-state index >= 15 is 0 Å². The number of allylic oxidation sites excluding steroid dienone is 2. The average Bonchev–Trinajstić information content (AvgIpc) is 3.33. The average molecular weight is 961 g/mol. The fourth-order valence-corrected chi connectivity index (χ4v) is 9.90. The second-order valence-corrected chi connectivity index (χ2v) is 21.5. The molecule has 0 radical (unpaired) electrons. The Bertz CT molecular complexity index is 1030. The summed E-state index contributed by atoms with van der Waals surface area (Å²) in [6.07, 6.45) is 65.7. The van der Waals surface area contributed by atoms with Gasteiger partial charge in [-0.05, 0) is 51.4 Å². The number of nitrogens with one attached hydrogen (secondary N) is 1. The van der Waals surface area contributed by atoms with E-state index in [2.05, 4.69) is 38.2 Å². The van der Waals surface area contributed by atoms with Gasteiger partial charge >= 0.3 is 5.97 Å². The second-order valence-electron chi connectivity index (χ2n) is 21.5. The van der Waals surface area contributed by atoms with Crippen LogP contribution in [-0.4, -0.2) is 46.9 Å². The number of esters is 1. The zero-order chi connectivity index (χ0) is 49.5. The molecule has 404 valence electrons. The Kier molecular flexibility index (Phi) is 55.3. The van der Waals surface area contributed by atoms with Gasteiger partial charge in [-0.25, -0.2) is 0 Å². The molecule has 0 aromatic carbocycles. The first kappa shape index (κ1) is 66.6. The Morgan fingerprint density at radius 3 is 1.04 bits per heavy atom. The van der Waals surface area contributed by atoms with E-state index in [1.807, 2.05) is 0 Å². The highest BCUT2D eigenvalue weighted by Crippen LogP contribution is 2.19. The molecule has 0 heterocycles. The minimum Gasteiger partial charge on any atom is -0.462 e. The minimum atomic E-state index is -0.784. The third-order valence-corrected chi connectivity index (χ3v) is 14.6. The Labute approximate surface area is 425 Å². The fraction of sp³-hybridized carbons (Fsp3) is 0.935. The van der Waals surface area contributed by atoms with Gasteiger partial charge < -0.3 is 20.3 Å². The molecule has 6 nitrogen and oxygen atoms in total. The molecule has 0 saturated carbocycles. The first-order valence-electron chi connectivity index (χ1n) is 30.9. The molecule has 0 aliphatic heterocycles. The molecule has 68 heavy (non-hydrogen) atoms. The van der Waals surface area contributed by atoms with Crippen molar-refractivity contribution < 1.29 is 24.5 Å². The third-order valence-electron chi connectivity index (χ3n) is 14.6. The number of aliphatic hydroxyl groups is 2. The van der Waals surface area contributed by atoms with Gasteiger partial charge in [-0.3, -0.25) is 9.59 Å². The number of aliphatic hydroxyl groups excluding tert-OH is 2. The second kappa shape index (κ2) is 56.5. The predicted octanol–water partition coefficient (Wildman–Crippen LogP) is 19.2. The largest absolute Gasteiger partial charge is 0.462 e. The maximum Gasteiger partial charge on any atom is 0.306 e. The molecular weight excluding hydrogens is 839 g/mol. The number of hydrogen-bond acceptors (Lipinski definition) is 5. The van der Waals surface area contributed by atoms with Crippen LogP contribution in [0.25, 0.3) is 0 Å². The summed E-state index contributed by atoms with van der Waals surface area (Å²) in [5, 5.41) is 23.9.